The molecule has 2 saturated carbocycles. The summed E-state index contributed by atoms with van der Waals surface area (Å²) in [6.45, 7) is 4.06. The van der Waals surface area contributed by atoms with E-state index in [2.05, 4.69) is 10.5 Å². The second-order valence-electron chi connectivity index (χ2n) is 6.82. The fourth-order valence-electron chi connectivity index (χ4n) is 4.40. The van der Waals surface area contributed by atoms with Crippen molar-refractivity contribution in [2.75, 3.05) is 0 Å². The highest BCUT2D eigenvalue weighted by molar-refractivity contribution is 6.06. The van der Waals surface area contributed by atoms with Crippen molar-refractivity contribution in [1.29, 1.82) is 0 Å². The molecule has 21 heavy (non-hydrogen) atoms. The molecule has 0 aromatic carbocycles. The van der Waals surface area contributed by atoms with E-state index in [1.165, 1.54) is 19.3 Å². The van der Waals surface area contributed by atoms with E-state index in [0.29, 0.717) is 18.8 Å². The minimum atomic E-state index is -0.847. The van der Waals surface area contributed by atoms with Gasteiger partial charge >= 0.3 is 0 Å². The van der Waals surface area contributed by atoms with Crippen LogP contribution < -0.4 is 11.1 Å². The molecule has 4 N–H and O–H groups in total. The maximum absolute atomic E-state index is 12.9. The van der Waals surface area contributed by atoms with Crippen molar-refractivity contribution in [3.63, 3.8) is 0 Å². The quantitative estimate of drug-likeness (QED) is 0.292. The Labute approximate surface area is 127 Å². The summed E-state index contributed by atoms with van der Waals surface area (Å²) in [5, 5.41) is 15.5. The molecule has 5 nitrogen and oxygen atoms in total. The molecule has 0 aliphatic heterocycles. The predicted molar refractivity (Wildman–Crippen MR) is 83.0 cm³/mol. The molecule has 2 rings (SSSR count). The van der Waals surface area contributed by atoms with E-state index in [-0.39, 0.29) is 17.8 Å². The lowest BCUT2D eigenvalue weighted by atomic mass is 9.76. The summed E-state index contributed by atoms with van der Waals surface area (Å²) in [5.74, 6) is 1.44. The van der Waals surface area contributed by atoms with E-state index in [4.69, 9.17) is 10.9 Å². The Hall–Kier alpha value is -1.26. The number of carbonyl (C=O) groups excluding carboxylic acids is 1. The maximum Gasteiger partial charge on any atom is 0.234 e. The van der Waals surface area contributed by atoms with Gasteiger partial charge in [-0.3, -0.25) is 4.79 Å². The molecule has 120 valence electrons. The van der Waals surface area contributed by atoms with E-state index in [0.717, 1.165) is 25.2 Å². The molecule has 2 fully saturated rings. The third-order valence-electron chi connectivity index (χ3n) is 5.44. The number of hydrogen-bond donors (Lipinski definition) is 3. The molecule has 5 heteroatoms. The molecule has 0 spiro atoms. The summed E-state index contributed by atoms with van der Waals surface area (Å²) < 4.78 is 0. The molecule has 2 aliphatic rings. The highest BCUT2D eigenvalue weighted by atomic mass is 16.4. The molecule has 0 aromatic heterocycles. The largest absolute Gasteiger partial charge is 0.409 e. The number of rotatable bonds is 7. The zero-order chi connectivity index (χ0) is 15.5. The summed E-state index contributed by atoms with van der Waals surface area (Å²) in [5.41, 5.74) is 5.07. The number of carbonyl (C=O) groups is 1. The van der Waals surface area contributed by atoms with Crippen LogP contribution >= 0.6 is 0 Å². The van der Waals surface area contributed by atoms with E-state index in [9.17, 15) is 4.79 Å². The number of nitrogens with two attached hydrogens (primary N) is 1. The van der Waals surface area contributed by atoms with Gasteiger partial charge in [-0.15, -0.1) is 0 Å². The molecule has 2 bridgehead atoms. The molecule has 0 radical (unpaired) electrons. The third kappa shape index (κ3) is 3.01. The zero-order valence-corrected chi connectivity index (χ0v) is 13.3. The Kier molecular flexibility index (Phi) is 5.12. The van der Waals surface area contributed by atoms with E-state index in [1.54, 1.807) is 0 Å². The number of nitrogens with one attached hydrogen (secondary N) is 1. The minimum absolute atomic E-state index is 0.0425. The van der Waals surface area contributed by atoms with Crippen molar-refractivity contribution in [1.82, 2.24) is 5.32 Å². The molecule has 0 saturated heterocycles. The maximum atomic E-state index is 12.9. The van der Waals surface area contributed by atoms with Crippen LogP contribution in [0.1, 0.15) is 65.2 Å². The van der Waals surface area contributed by atoms with Crippen LogP contribution in [-0.4, -0.2) is 23.0 Å². The Morgan fingerprint density at radius 1 is 1.29 bits per heavy atom. The summed E-state index contributed by atoms with van der Waals surface area (Å²) in [6.07, 6.45) is 7.82. The van der Waals surface area contributed by atoms with Gasteiger partial charge in [0.05, 0.1) is 0 Å². The van der Waals surface area contributed by atoms with Crippen molar-refractivity contribution >= 4 is 11.7 Å². The van der Waals surface area contributed by atoms with Gasteiger partial charge in [0.2, 0.25) is 5.91 Å². The first-order valence-corrected chi connectivity index (χ1v) is 8.36. The van der Waals surface area contributed by atoms with Gasteiger partial charge < -0.3 is 16.3 Å². The molecule has 0 heterocycles. The Morgan fingerprint density at radius 3 is 2.38 bits per heavy atom. The van der Waals surface area contributed by atoms with Crippen molar-refractivity contribution < 1.29 is 10.0 Å². The fourth-order valence-corrected chi connectivity index (χ4v) is 4.40. The second-order valence-corrected chi connectivity index (χ2v) is 6.82. The summed E-state index contributed by atoms with van der Waals surface area (Å²) in [7, 11) is 0. The van der Waals surface area contributed by atoms with Crippen LogP contribution in [0.2, 0.25) is 0 Å². The van der Waals surface area contributed by atoms with Gasteiger partial charge in [-0.1, -0.05) is 38.3 Å². The van der Waals surface area contributed by atoms with Gasteiger partial charge in [0, 0.05) is 6.04 Å². The number of hydrogen-bond acceptors (Lipinski definition) is 3. The van der Waals surface area contributed by atoms with Crippen molar-refractivity contribution in [3.05, 3.63) is 0 Å². The van der Waals surface area contributed by atoms with Crippen LogP contribution in [0.15, 0.2) is 5.16 Å². The van der Waals surface area contributed by atoms with Crippen LogP contribution in [0, 0.1) is 17.3 Å². The summed E-state index contributed by atoms with van der Waals surface area (Å²) >= 11 is 0. The molecular formula is C16H29N3O2. The first-order valence-electron chi connectivity index (χ1n) is 8.36. The van der Waals surface area contributed by atoms with Crippen molar-refractivity contribution in [2.24, 2.45) is 28.1 Å². The topological polar surface area (TPSA) is 87.7 Å². The number of amides is 1. The minimum Gasteiger partial charge on any atom is -0.409 e. The molecule has 3 unspecified atom stereocenters. The summed E-state index contributed by atoms with van der Waals surface area (Å²) in [6, 6.07) is 0.288. The molecule has 1 amide bonds. The highest BCUT2D eigenvalue weighted by Crippen LogP contribution is 2.45. The van der Waals surface area contributed by atoms with E-state index in [1.807, 2.05) is 13.8 Å². The molecule has 2 aliphatic carbocycles. The molecular weight excluding hydrogens is 266 g/mol. The number of oxime groups is 1. The number of fused-ring (bicyclic) bond motifs is 2. The van der Waals surface area contributed by atoms with Gasteiger partial charge in [-0.2, -0.15) is 0 Å². The lowest BCUT2D eigenvalue weighted by molar-refractivity contribution is -0.129. The zero-order valence-electron chi connectivity index (χ0n) is 13.3. The second kappa shape index (κ2) is 6.67. The van der Waals surface area contributed by atoms with E-state index >= 15 is 0 Å². The first-order chi connectivity index (χ1) is 10.1. The Bertz CT molecular complexity index is 402. The normalized spacial score (nSPS) is 28.9. The Balaban J connectivity index is 2.13. The predicted octanol–water partition coefficient (Wildman–Crippen LogP) is 2.62. The lowest BCUT2D eigenvalue weighted by Crippen LogP contribution is -2.53. The molecule has 0 aromatic rings. The van der Waals surface area contributed by atoms with Gasteiger partial charge in [-0.05, 0) is 43.9 Å². The van der Waals surface area contributed by atoms with Crippen LogP contribution in [-0.2, 0) is 4.79 Å². The van der Waals surface area contributed by atoms with Crippen LogP contribution in [0.25, 0.3) is 0 Å². The number of nitrogens with zero attached hydrogens (tertiary/aromatic N) is 1. The SMILES string of the molecule is CCCC(CCC)(C(=O)NC1CC2CCC1C2)C(N)=NO. The fraction of sp³-hybridized carbons (Fsp3) is 0.875. The lowest BCUT2D eigenvalue weighted by Gasteiger charge is -2.33. The summed E-state index contributed by atoms with van der Waals surface area (Å²) in [4.78, 5) is 12.9. The van der Waals surface area contributed by atoms with Crippen LogP contribution in [0.5, 0.6) is 0 Å². The third-order valence-corrected chi connectivity index (χ3v) is 5.44. The van der Waals surface area contributed by atoms with Gasteiger partial charge in [-0.25, -0.2) is 0 Å². The smallest absolute Gasteiger partial charge is 0.234 e. The van der Waals surface area contributed by atoms with Crippen LogP contribution in [0.4, 0.5) is 0 Å². The monoisotopic (exact) mass is 295 g/mol. The standard InChI is InChI=1S/C16H29N3O2/c1-3-7-16(8-4-2,14(17)19-21)15(20)18-13-10-11-5-6-12(13)9-11/h11-13,21H,3-10H2,1-2H3,(H2,17,19)(H,18,20). The highest BCUT2D eigenvalue weighted by Gasteiger charge is 2.46. The average Bonchev–Trinajstić information content (AvgIpc) is 3.08. The average molecular weight is 295 g/mol. The van der Waals surface area contributed by atoms with E-state index < -0.39 is 5.41 Å². The van der Waals surface area contributed by atoms with Gasteiger partial charge in [0.25, 0.3) is 0 Å². The van der Waals surface area contributed by atoms with Crippen molar-refractivity contribution in [2.45, 2.75) is 71.3 Å². The Morgan fingerprint density at radius 2 is 1.95 bits per heavy atom. The van der Waals surface area contributed by atoms with Crippen LogP contribution in [0.3, 0.4) is 0 Å². The number of amidine groups is 1. The molecule has 3 atom stereocenters. The van der Waals surface area contributed by atoms with Crippen molar-refractivity contribution in [3.8, 4) is 0 Å². The first kappa shape index (κ1) is 16.1. The van der Waals surface area contributed by atoms with Gasteiger partial charge in [0.1, 0.15) is 5.41 Å². The van der Waals surface area contributed by atoms with Gasteiger partial charge in [0.15, 0.2) is 5.84 Å².